The Kier molecular flexibility index (Phi) is 5.40. The van der Waals surface area contributed by atoms with E-state index in [0.29, 0.717) is 11.1 Å². The van der Waals surface area contributed by atoms with Crippen LogP contribution in [0.1, 0.15) is 32.0 Å². The fourth-order valence-electron chi connectivity index (χ4n) is 2.41. The number of hydrogen-bond donors (Lipinski definition) is 0. The molecule has 0 aliphatic carbocycles. The minimum Gasteiger partial charge on any atom is -0.381 e. The number of aryl methyl sites for hydroxylation is 1. The molecular weight excluding hydrogens is 262 g/mol. The van der Waals surface area contributed by atoms with Crippen LogP contribution in [0.5, 0.6) is 0 Å². The van der Waals surface area contributed by atoms with Gasteiger partial charge in [0.2, 0.25) is 0 Å². The van der Waals surface area contributed by atoms with E-state index in [2.05, 4.69) is 28.8 Å². The average Bonchev–Trinajstić information content (AvgIpc) is 2.39. The van der Waals surface area contributed by atoms with Crippen LogP contribution in [-0.2, 0) is 11.2 Å². The molecule has 1 fully saturated rings. The van der Waals surface area contributed by atoms with Crippen LogP contribution in [-0.4, -0.2) is 36.8 Å². The summed E-state index contributed by atoms with van der Waals surface area (Å²) in [6.07, 6.45) is 4.28. The SMILES string of the molecule is CCCc1nc(Cl)cc(N(C)CC2CCCOC2)n1. The molecule has 5 heteroatoms. The molecule has 1 saturated heterocycles. The Morgan fingerprint density at radius 2 is 2.32 bits per heavy atom. The first-order valence-electron chi connectivity index (χ1n) is 7.01. The molecule has 0 bridgehead atoms. The van der Waals surface area contributed by atoms with Gasteiger partial charge in [-0.05, 0) is 25.2 Å². The quantitative estimate of drug-likeness (QED) is 0.779. The van der Waals surface area contributed by atoms with E-state index in [-0.39, 0.29) is 0 Å². The van der Waals surface area contributed by atoms with Gasteiger partial charge in [0, 0.05) is 32.7 Å². The molecule has 0 N–H and O–H groups in total. The molecule has 2 heterocycles. The lowest BCUT2D eigenvalue weighted by atomic mass is 10.0. The highest BCUT2D eigenvalue weighted by atomic mass is 35.5. The Morgan fingerprint density at radius 3 is 3.00 bits per heavy atom. The molecule has 106 valence electrons. The molecule has 1 atom stereocenters. The fourth-order valence-corrected chi connectivity index (χ4v) is 2.61. The highest BCUT2D eigenvalue weighted by Crippen LogP contribution is 2.20. The summed E-state index contributed by atoms with van der Waals surface area (Å²) in [6.45, 7) is 4.83. The standard InChI is InChI=1S/C14H22ClN3O/c1-3-5-13-16-12(15)8-14(17-13)18(2)9-11-6-4-7-19-10-11/h8,11H,3-7,9-10H2,1-2H3. The van der Waals surface area contributed by atoms with Gasteiger partial charge in [-0.1, -0.05) is 18.5 Å². The molecule has 0 radical (unpaired) electrons. The molecule has 1 aromatic rings. The zero-order valence-corrected chi connectivity index (χ0v) is 12.5. The van der Waals surface area contributed by atoms with Crippen LogP contribution in [0.15, 0.2) is 6.07 Å². The largest absolute Gasteiger partial charge is 0.381 e. The van der Waals surface area contributed by atoms with E-state index in [1.165, 1.54) is 6.42 Å². The van der Waals surface area contributed by atoms with Gasteiger partial charge in [-0.3, -0.25) is 0 Å². The minimum atomic E-state index is 0.528. The van der Waals surface area contributed by atoms with Crippen molar-refractivity contribution in [2.45, 2.75) is 32.6 Å². The Hall–Kier alpha value is -0.870. The van der Waals surface area contributed by atoms with Gasteiger partial charge in [-0.25, -0.2) is 9.97 Å². The van der Waals surface area contributed by atoms with Gasteiger partial charge >= 0.3 is 0 Å². The van der Waals surface area contributed by atoms with Crippen molar-refractivity contribution in [1.82, 2.24) is 9.97 Å². The molecule has 2 rings (SSSR count). The molecule has 4 nitrogen and oxygen atoms in total. The summed E-state index contributed by atoms with van der Waals surface area (Å²) >= 11 is 6.07. The average molecular weight is 284 g/mol. The van der Waals surface area contributed by atoms with Crippen LogP contribution >= 0.6 is 11.6 Å². The molecule has 1 aliphatic heterocycles. The second kappa shape index (κ2) is 7.06. The number of halogens is 1. The molecule has 1 unspecified atom stereocenters. The minimum absolute atomic E-state index is 0.528. The number of nitrogens with zero attached hydrogens (tertiary/aromatic N) is 3. The maximum atomic E-state index is 6.07. The number of aromatic nitrogens is 2. The summed E-state index contributed by atoms with van der Waals surface area (Å²) in [7, 11) is 2.06. The highest BCUT2D eigenvalue weighted by Gasteiger charge is 2.17. The van der Waals surface area contributed by atoms with E-state index >= 15 is 0 Å². The third-order valence-corrected chi connectivity index (χ3v) is 3.57. The molecule has 1 aromatic heterocycles. The van der Waals surface area contributed by atoms with Gasteiger partial charge < -0.3 is 9.64 Å². The maximum absolute atomic E-state index is 6.07. The second-order valence-corrected chi connectivity index (χ2v) is 5.57. The first-order valence-corrected chi connectivity index (χ1v) is 7.39. The predicted octanol–water partition coefficient (Wildman–Crippen LogP) is 2.95. The Labute approximate surface area is 120 Å². The third kappa shape index (κ3) is 4.32. The first-order chi connectivity index (χ1) is 9.19. The number of ether oxygens (including phenoxy) is 1. The molecule has 19 heavy (non-hydrogen) atoms. The number of rotatable bonds is 5. The van der Waals surface area contributed by atoms with E-state index in [0.717, 1.165) is 50.7 Å². The van der Waals surface area contributed by atoms with Crippen molar-refractivity contribution in [2.75, 3.05) is 31.7 Å². The normalized spacial score (nSPS) is 19.4. The summed E-state index contributed by atoms with van der Waals surface area (Å²) in [5, 5.41) is 0.528. The van der Waals surface area contributed by atoms with Crippen LogP contribution in [0.3, 0.4) is 0 Å². The lowest BCUT2D eigenvalue weighted by molar-refractivity contribution is 0.0576. The summed E-state index contributed by atoms with van der Waals surface area (Å²) in [6, 6.07) is 1.84. The van der Waals surface area contributed by atoms with Crippen LogP contribution < -0.4 is 4.90 Å². The van der Waals surface area contributed by atoms with Gasteiger partial charge in [-0.2, -0.15) is 0 Å². The van der Waals surface area contributed by atoms with Crippen molar-refractivity contribution in [3.63, 3.8) is 0 Å². The third-order valence-electron chi connectivity index (χ3n) is 3.38. The summed E-state index contributed by atoms with van der Waals surface area (Å²) in [5.74, 6) is 2.33. The Bertz CT molecular complexity index is 408. The lowest BCUT2D eigenvalue weighted by Gasteiger charge is -2.27. The topological polar surface area (TPSA) is 38.2 Å². The van der Waals surface area contributed by atoms with Crippen molar-refractivity contribution < 1.29 is 4.74 Å². The molecular formula is C14H22ClN3O. The molecule has 0 amide bonds. The monoisotopic (exact) mass is 283 g/mol. The van der Waals surface area contributed by atoms with Crippen LogP contribution in [0.2, 0.25) is 5.15 Å². The maximum Gasteiger partial charge on any atom is 0.134 e. The van der Waals surface area contributed by atoms with Crippen molar-refractivity contribution in [2.24, 2.45) is 5.92 Å². The van der Waals surface area contributed by atoms with Crippen LogP contribution in [0, 0.1) is 5.92 Å². The van der Waals surface area contributed by atoms with E-state index in [1.54, 1.807) is 0 Å². The van der Waals surface area contributed by atoms with E-state index in [9.17, 15) is 0 Å². The van der Waals surface area contributed by atoms with Gasteiger partial charge in [0.25, 0.3) is 0 Å². The smallest absolute Gasteiger partial charge is 0.134 e. The predicted molar refractivity (Wildman–Crippen MR) is 77.9 cm³/mol. The highest BCUT2D eigenvalue weighted by molar-refractivity contribution is 6.29. The molecule has 0 spiro atoms. The summed E-state index contributed by atoms with van der Waals surface area (Å²) in [4.78, 5) is 11.0. The van der Waals surface area contributed by atoms with Crippen LogP contribution in [0.25, 0.3) is 0 Å². The van der Waals surface area contributed by atoms with E-state index in [4.69, 9.17) is 16.3 Å². The van der Waals surface area contributed by atoms with Gasteiger partial charge in [0.05, 0.1) is 6.61 Å². The van der Waals surface area contributed by atoms with Gasteiger partial charge in [0.15, 0.2) is 0 Å². The number of hydrogen-bond acceptors (Lipinski definition) is 4. The molecule has 1 aliphatic rings. The lowest BCUT2D eigenvalue weighted by Crippen LogP contribution is -2.31. The molecule has 0 saturated carbocycles. The summed E-state index contributed by atoms with van der Waals surface area (Å²) in [5.41, 5.74) is 0. The van der Waals surface area contributed by atoms with E-state index < -0.39 is 0 Å². The van der Waals surface area contributed by atoms with Crippen molar-refractivity contribution in [3.8, 4) is 0 Å². The summed E-state index contributed by atoms with van der Waals surface area (Å²) < 4.78 is 5.52. The zero-order valence-electron chi connectivity index (χ0n) is 11.7. The van der Waals surface area contributed by atoms with Gasteiger partial charge in [-0.15, -0.1) is 0 Å². The second-order valence-electron chi connectivity index (χ2n) is 5.18. The van der Waals surface area contributed by atoms with E-state index in [1.807, 2.05) is 6.07 Å². The van der Waals surface area contributed by atoms with Crippen molar-refractivity contribution in [1.29, 1.82) is 0 Å². The Balaban J connectivity index is 2.02. The zero-order chi connectivity index (χ0) is 13.7. The van der Waals surface area contributed by atoms with Gasteiger partial charge in [0.1, 0.15) is 16.8 Å². The first kappa shape index (κ1) is 14.5. The number of anilines is 1. The fraction of sp³-hybridized carbons (Fsp3) is 0.714. The molecule has 0 aromatic carbocycles. The Morgan fingerprint density at radius 1 is 1.47 bits per heavy atom. The van der Waals surface area contributed by atoms with Crippen LogP contribution in [0.4, 0.5) is 5.82 Å². The van der Waals surface area contributed by atoms with Crippen molar-refractivity contribution in [3.05, 3.63) is 17.0 Å². The van der Waals surface area contributed by atoms with Crippen molar-refractivity contribution >= 4 is 17.4 Å².